The van der Waals surface area contributed by atoms with Gasteiger partial charge < -0.3 is 19.1 Å². The number of piperazine rings is 1. The fourth-order valence-corrected chi connectivity index (χ4v) is 5.09. The molecular weight excluding hydrogens is 616 g/mol. The highest BCUT2D eigenvalue weighted by molar-refractivity contribution is 5.95. The van der Waals surface area contributed by atoms with E-state index in [9.17, 15) is 31.1 Å². The molecular formula is C33H35F6N3O4. The van der Waals surface area contributed by atoms with Crippen molar-refractivity contribution in [1.82, 2.24) is 14.8 Å². The van der Waals surface area contributed by atoms with Gasteiger partial charge in [0.05, 0.1) is 24.3 Å². The lowest BCUT2D eigenvalue weighted by Gasteiger charge is -2.41. The molecule has 2 aromatic carbocycles. The van der Waals surface area contributed by atoms with E-state index >= 15 is 0 Å². The molecule has 0 radical (unpaired) electrons. The third-order valence-electron chi connectivity index (χ3n) is 7.47. The SMILES string of the molecule is COCCOCOc1cc(C[C@@H]2CN(CC=Cc3cccnc3)CCN2C(=O)c2cc(C(F)(F)F)cc(C(F)(F)F)c2)ccc1C. The summed E-state index contributed by atoms with van der Waals surface area (Å²) >= 11 is 0. The maximum absolute atomic E-state index is 13.7. The smallest absolute Gasteiger partial charge is 0.416 e. The van der Waals surface area contributed by atoms with Gasteiger partial charge in [0.2, 0.25) is 0 Å². The first-order valence-corrected chi connectivity index (χ1v) is 14.5. The third-order valence-corrected chi connectivity index (χ3v) is 7.47. The van der Waals surface area contributed by atoms with Crippen molar-refractivity contribution in [2.45, 2.75) is 31.7 Å². The van der Waals surface area contributed by atoms with Gasteiger partial charge in [-0.15, -0.1) is 0 Å². The van der Waals surface area contributed by atoms with E-state index in [1.165, 1.54) is 4.90 Å². The van der Waals surface area contributed by atoms with E-state index < -0.39 is 41.0 Å². The minimum absolute atomic E-state index is 0.0180. The summed E-state index contributed by atoms with van der Waals surface area (Å²) in [5.41, 5.74) is -1.23. The summed E-state index contributed by atoms with van der Waals surface area (Å²) in [5, 5.41) is 0. The van der Waals surface area contributed by atoms with E-state index in [2.05, 4.69) is 9.88 Å². The van der Waals surface area contributed by atoms with E-state index in [4.69, 9.17) is 14.2 Å². The topological polar surface area (TPSA) is 64.1 Å². The third kappa shape index (κ3) is 9.78. The fraction of sp³-hybridized carbons (Fsp3) is 0.394. The molecule has 0 bridgehead atoms. The number of carbonyl (C=O) groups excluding carboxylic acids is 1. The number of pyridine rings is 1. The number of rotatable bonds is 12. The molecule has 248 valence electrons. The summed E-state index contributed by atoms with van der Waals surface area (Å²) in [6.45, 7) is 3.89. The molecule has 0 spiro atoms. The van der Waals surface area contributed by atoms with E-state index in [0.717, 1.165) is 16.7 Å². The average Bonchev–Trinajstić information content (AvgIpc) is 3.01. The number of methoxy groups -OCH3 is 1. The van der Waals surface area contributed by atoms with E-state index in [1.54, 1.807) is 25.6 Å². The van der Waals surface area contributed by atoms with Gasteiger partial charge in [-0.2, -0.15) is 26.3 Å². The van der Waals surface area contributed by atoms with Crippen LogP contribution in [0.1, 0.15) is 38.2 Å². The zero-order valence-corrected chi connectivity index (χ0v) is 25.4. The zero-order chi connectivity index (χ0) is 33.3. The number of aromatic nitrogens is 1. The van der Waals surface area contributed by atoms with Crippen molar-refractivity contribution >= 4 is 12.0 Å². The Morgan fingerprint density at radius 1 is 1.00 bits per heavy atom. The molecule has 1 aromatic heterocycles. The molecule has 46 heavy (non-hydrogen) atoms. The molecule has 2 heterocycles. The predicted molar refractivity (Wildman–Crippen MR) is 159 cm³/mol. The standard InChI is InChI=1S/C33H35F6N3O4/c1-23-7-8-25(16-30(23)46-22-45-14-13-44-2)15-29-21-41(10-4-6-24-5-3-9-40-20-24)11-12-42(29)31(43)26-17-27(32(34,35)36)19-28(18-26)33(37,38)39/h3-9,16-20,29H,10-15,21-22H2,1-2H3/t29-/m1/s1. The van der Waals surface area contributed by atoms with E-state index in [1.807, 2.05) is 43.3 Å². The maximum Gasteiger partial charge on any atom is 0.416 e. The number of halogens is 6. The van der Waals surface area contributed by atoms with Crippen LogP contribution in [0.25, 0.3) is 6.08 Å². The normalized spacial score (nSPS) is 16.3. The molecule has 13 heteroatoms. The summed E-state index contributed by atoms with van der Waals surface area (Å²) in [6, 6.07) is 9.62. The first-order chi connectivity index (χ1) is 21.8. The lowest BCUT2D eigenvalue weighted by Crippen LogP contribution is -2.56. The molecule has 1 fully saturated rings. The van der Waals surface area contributed by atoms with Crippen molar-refractivity contribution < 1.29 is 45.3 Å². The van der Waals surface area contributed by atoms with Gasteiger partial charge in [0.25, 0.3) is 5.91 Å². The second-order valence-electron chi connectivity index (χ2n) is 10.9. The second kappa shape index (κ2) is 15.6. The van der Waals surface area contributed by atoms with Crippen LogP contribution >= 0.6 is 0 Å². The van der Waals surface area contributed by atoms with Crippen LogP contribution in [0.5, 0.6) is 5.75 Å². The molecule has 3 aromatic rings. The van der Waals surface area contributed by atoms with Crippen molar-refractivity contribution in [3.8, 4) is 5.75 Å². The van der Waals surface area contributed by atoms with Crippen LogP contribution in [0.3, 0.4) is 0 Å². The van der Waals surface area contributed by atoms with Gasteiger partial charge >= 0.3 is 12.4 Å². The maximum atomic E-state index is 13.7. The number of aryl methyl sites for hydroxylation is 1. The number of amides is 1. The van der Waals surface area contributed by atoms with Crippen molar-refractivity contribution in [3.63, 3.8) is 0 Å². The Morgan fingerprint density at radius 3 is 2.39 bits per heavy atom. The molecule has 1 amide bonds. The van der Waals surface area contributed by atoms with Crippen LogP contribution in [0, 0.1) is 6.92 Å². The Morgan fingerprint density at radius 2 is 1.74 bits per heavy atom. The quantitative estimate of drug-likeness (QED) is 0.127. The molecule has 0 aliphatic carbocycles. The Hall–Kier alpha value is -3.94. The monoisotopic (exact) mass is 651 g/mol. The first-order valence-electron chi connectivity index (χ1n) is 14.5. The summed E-state index contributed by atoms with van der Waals surface area (Å²) in [6.07, 6.45) is -2.65. The molecule has 0 unspecified atom stereocenters. The number of nitrogens with zero attached hydrogens (tertiary/aromatic N) is 3. The lowest BCUT2D eigenvalue weighted by molar-refractivity contribution is -0.143. The van der Waals surface area contributed by atoms with Gasteiger partial charge in [-0.25, -0.2) is 0 Å². The molecule has 1 atom stereocenters. The fourth-order valence-electron chi connectivity index (χ4n) is 5.09. The molecule has 1 aliphatic rings. The van der Waals surface area contributed by atoms with Gasteiger partial charge in [0, 0.05) is 57.3 Å². The Bertz CT molecular complexity index is 1450. The minimum Gasteiger partial charge on any atom is -0.467 e. The molecule has 0 saturated carbocycles. The van der Waals surface area contributed by atoms with Crippen molar-refractivity contribution in [3.05, 3.63) is 100 Å². The summed E-state index contributed by atoms with van der Waals surface area (Å²) in [4.78, 5) is 21.2. The number of alkyl halides is 6. The van der Waals surface area contributed by atoms with Gasteiger partial charge in [0.1, 0.15) is 5.75 Å². The number of hydrogen-bond acceptors (Lipinski definition) is 6. The molecule has 7 nitrogen and oxygen atoms in total. The van der Waals surface area contributed by atoms with Crippen molar-refractivity contribution in [2.24, 2.45) is 0 Å². The van der Waals surface area contributed by atoms with Crippen molar-refractivity contribution in [1.29, 1.82) is 0 Å². The summed E-state index contributed by atoms with van der Waals surface area (Å²) < 4.78 is 97.6. The number of ether oxygens (including phenoxy) is 3. The highest BCUT2D eigenvalue weighted by Crippen LogP contribution is 2.37. The Labute approximate surface area is 263 Å². The summed E-state index contributed by atoms with van der Waals surface area (Å²) in [7, 11) is 1.55. The highest BCUT2D eigenvalue weighted by atomic mass is 19.4. The molecule has 1 saturated heterocycles. The van der Waals surface area contributed by atoms with Gasteiger partial charge in [0.15, 0.2) is 6.79 Å². The Kier molecular flexibility index (Phi) is 11.8. The molecule has 4 rings (SSSR count). The van der Waals surface area contributed by atoms with Crippen LogP contribution < -0.4 is 4.74 Å². The lowest BCUT2D eigenvalue weighted by atomic mass is 9.98. The van der Waals surface area contributed by atoms with Gasteiger partial charge in [-0.05, 0) is 60.4 Å². The number of benzene rings is 2. The predicted octanol–water partition coefficient (Wildman–Crippen LogP) is 6.51. The first kappa shape index (κ1) is 34.9. The molecule has 0 N–H and O–H groups in total. The largest absolute Gasteiger partial charge is 0.467 e. The van der Waals surface area contributed by atoms with Crippen LogP contribution in [-0.4, -0.2) is 80.0 Å². The average molecular weight is 652 g/mol. The van der Waals surface area contributed by atoms with Crippen molar-refractivity contribution in [2.75, 3.05) is 53.3 Å². The zero-order valence-electron chi connectivity index (χ0n) is 25.4. The highest BCUT2D eigenvalue weighted by Gasteiger charge is 2.39. The van der Waals surface area contributed by atoms with Crippen LogP contribution in [0.4, 0.5) is 26.3 Å². The number of hydrogen-bond donors (Lipinski definition) is 0. The molecule has 1 aliphatic heterocycles. The van der Waals surface area contributed by atoms with Crippen LogP contribution in [0.2, 0.25) is 0 Å². The summed E-state index contributed by atoms with van der Waals surface area (Å²) in [5.74, 6) is -0.352. The van der Waals surface area contributed by atoms with Gasteiger partial charge in [-0.3, -0.25) is 14.7 Å². The Balaban J connectivity index is 1.60. The second-order valence-corrected chi connectivity index (χ2v) is 10.9. The van der Waals surface area contributed by atoms with Crippen LogP contribution in [0.15, 0.2) is 67.0 Å². The van der Waals surface area contributed by atoms with E-state index in [0.29, 0.717) is 50.7 Å². The van der Waals surface area contributed by atoms with Gasteiger partial charge in [-0.1, -0.05) is 30.4 Å². The minimum atomic E-state index is -5.07. The van der Waals surface area contributed by atoms with Crippen LogP contribution in [-0.2, 0) is 28.2 Å². The number of carbonyl (C=O) groups is 1. The van der Waals surface area contributed by atoms with E-state index in [-0.39, 0.29) is 25.8 Å².